The molecule has 0 saturated heterocycles. The van der Waals surface area contributed by atoms with Gasteiger partial charge in [0, 0.05) is 27.1 Å². The van der Waals surface area contributed by atoms with Crippen molar-refractivity contribution in [3.63, 3.8) is 0 Å². The molecule has 0 N–H and O–H groups in total. The molecule has 16 heavy (non-hydrogen) atoms. The second kappa shape index (κ2) is 7.43. The topological polar surface area (TPSA) is 18.5 Å². The van der Waals surface area contributed by atoms with Crippen LogP contribution in [0, 0.1) is 0 Å². The van der Waals surface area contributed by atoms with Crippen molar-refractivity contribution in [3.05, 3.63) is 35.4 Å². The maximum atomic E-state index is 5.21. The van der Waals surface area contributed by atoms with Crippen LogP contribution in [0.15, 0.2) is 24.3 Å². The number of halogens is 2. The Labute approximate surface area is 114 Å². The summed E-state index contributed by atoms with van der Waals surface area (Å²) in [4.78, 5) is 0. The third-order valence-electron chi connectivity index (χ3n) is 2.39. The zero-order valence-corrected chi connectivity index (χ0v) is 12.6. The number of hydrogen-bond acceptors (Lipinski definition) is 2. The molecule has 90 valence electrons. The molecule has 1 rings (SSSR count). The summed E-state index contributed by atoms with van der Waals surface area (Å²) in [7, 11) is 3.40. The van der Waals surface area contributed by atoms with E-state index in [1.165, 1.54) is 11.1 Å². The average molecular weight is 352 g/mol. The Kier molecular flexibility index (Phi) is 6.58. The molecule has 0 aliphatic rings. The molecule has 4 heteroatoms. The Balaban J connectivity index is 2.75. The van der Waals surface area contributed by atoms with E-state index in [0.717, 1.165) is 12.8 Å². The van der Waals surface area contributed by atoms with Crippen molar-refractivity contribution in [1.29, 1.82) is 0 Å². The van der Waals surface area contributed by atoms with E-state index in [1.807, 2.05) is 12.1 Å². The molecular formula is C12H16Br2O2. The molecule has 2 unspecified atom stereocenters. The lowest BCUT2D eigenvalue weighted by atomic mass is 10.0. The smallest absolute Gasteiger partial charge is 0.116 e. The number of ether oxygens (including phenoxy) is 2. The molecule has 0 aliphatic heterocycles. The fraction of sp³-hybridized carbons (Fsp3) is 0.500. The molecule has 1 aromatic carbocycles. The van der Waals surface area contributed by atoms with Crippen molar-refractivity contribution in [3.8, 4) is 0 Å². The summed E-state index contributed by atoms with van der Waals surface area (Å²) in [6.07, 6.45) is 1.71. The number of rotatable bonds is 6. The molecular weight excluding hydrogens is 336 g/mol. The molecule has 0 aliphatic carbocycles. The van der Waals surface area contributed by atoms with E-state index in [4.69, 9.17) is 9.47 Å². The zero-order chi connectivity index (χ0) is 12.0. The summed E-state index contributed by atoms with van der Waals surface area (Å²) >= 11 is 6.93. The SMILES string of the molecule is COC(Br)Cc1ccccc1CC(Br)OC. The molecule has 0 aromatic heterocycles. The minimum Gasteiger partial charge on any atom is -0.370 e. The first-order valence-corrected chi connectivity index (χ1v) is 6.91. The van der Waals surface area contributed by atoms with Gasteiger partial charge in [-0.05, 0) is 11.1 Å². The second-order valence-corrected chi connectivity index (χ2v) is 5.51. The third-order valence-corrected chi connectivity index (χ3v) is 3.79. The van der Waals surface area contributed by atoms with Crippen molar-refractivity contribution in [2.24, 2.45) is 0 Å². The van der Waals surface area contributed by atoms with Crippen molar-refractivity contribution in [1.82, 2.24) is 0 Å². The Hall–Kier alpha value is 0.1000. The van der Waals surface area contributed by atoms with E-state index >= 15 is 0 Å². The minimum absolute atomic E-state index is 0.0602. The molecule has 0 saturated carbocycles. The van der Waals surface area contributed by atoms with Crippen LogP contribution in [0.5, 0.6) is 0 Å². The van der Waals surface area contributed by atoms with Crippen molar-refractivity contribution >= 4 is 31.9 Å². The van der Waals surface area contributed by atoms with Gasteiger partial charge in [0.25, 0.3) is 0 Å². The maximum absolute atomic E-state index is 5.21. The third kappa shape index (κ3) is 4.53. The van der Waals surface area contributed by atoms with E-state index in [2.05, 4.69) is 44.0 Å². The first-order chi connectivity index (χ1) is 7.67. The van der Waals surface area contributed by atoms with Crippen LogP contribution in [-0.2, 0) is 22.3 Å². The highest BCUT2D eigenvalue weighted by Gasteiger charge is 2.10. The highest BCUT2D eigenvalue weighted by molar-refractivity contribution is 9.09. The molecule has 0 bridgehead atoms. The Bertz CT molecular complexity index is 287. The predicted octanol–water partition coefficient (Wildman–Crippen LogP) is 3.51. The minimum atomic E-state index is 0.0602. The maximum Gasteiger partial charge on any atom is 0.116 e. The van der Waals surface area contributed by atoms with Crippen molar-refractivity contribution in [2.75, 3.05) is 14.2 Å². The van der Waals surface area contributed by atoms with Crippen LogP contribution in [-0.4, -0.2) is 24.2 Å². The lowest BCUT2D eigenvalue weighted by Crippen LogP contribution is -2.11. The fourth-order valence-electron chi connectivity index (χ4n) is 1.47. The van der Waals surface area contributed by atoms with E-state index in [9.17, 15) is 0 Å². The second-order valence-electron chi connectivity index (χ2n) is 3.47. The summed E-state index contributed by atoms with van der Waals surface area (Å²) in [6.45, 7) is 0. The highest BCUT2D eigenvalue weighted by atomic mass is 79.9. The fourth-order valence-corrected chi connectivity index (χ4v) is 2.17. The first-order valence-electron chi connectivity index (χ1n) is 5.08. The van der Waals surface area contributed by atoms with Gasteiger partial charge < -0.3 is 9.47 Å². The molecule has 0 spiro atoms. The number of hydrogen-bond donors (Lipinski definition) is 0. The van der Waals surface area contributed by atoms with Gasteiger partial charge in [0.15, 0.2) is 0 Å². The number of alkyl halides is 2. The van der Waals surface area contributed by atoms with Gasteiger partial charge in [0.1, 0.15) is 10.0 Å². The van der Waals surface area contributed by atoms with Gasteiger partial charge in [-0.25, -0.2) is 0 Å². The Morgan fingerprint density at radius 2 is 1.31 bits per heavy atom. The summed E-state index contributed by atoms with van der Waals surface area (Å²) in [5.41, 5.74) is 2.57. The molecule has 0 heterocycles. The molecule has 0 fully saturated rings. The van der Waals surface area contributed by atoms with Crippen LogP contribution in [0.4, 0.5) is 0 Å². The van der Waals surface area contributed by atoms with E-state index in [0.29, 0.717) is 0 Å². The van der Waals surface area contributed by atoms with Gasteiger partial charge in [-0.2, -0.15) is 0 Å². The lowest BCUT2D eigenvalue weighted by Gasteiger charge is -2.14. The normalized spacial score (nSPS) is 14.8. The van der Waals surface area contributed by atoms with Crippen LogP contribution in [0.1, 0.15) is 11.1 Å². The molecule has 0 amide bonds. The van der Waals surface area contributed by atoms with E-state index in [-0.39, 0.29) is 10.0 Å². The summed E-state index contributed by atoms with van der Waals surface area (Å²) in [5, 5.41) is 0.120. The van der Waals surface area contributed by atoms with Crippen LogP contribution in [0.3, 0.4) is 0 Å². The standard InChI is InChI=1S/C12H16Br2O2/c1-15-11(13)7-9-5-3-4-6-10(9)8-12(14)16-2/h3-6,11-12H,7-8H2,1-2H3. The van der Waals surface area contributed by atoms with Crippen LogP contribution >= 0.6 is 31.9 Å². The monoisotopic (exact) mass is 350 g/mol. The van der Waals surface area contributed by atoms with Gasteiger partial charge in [-0.15, -0.1) is 0 Å². The summed E-state index contributed by atoms with van der Waals surface area (Å²) in [5.74, 6) is 0. The molecule has 1 aromatic rings. The van der Waals surface area contributed by atoms with Gasteiger partial charge in [0.2, 0.25) is 0 Å². The number of benzene rings is 1. The Morgan fingerprint density at radius 3 is 1.62 bits per heavy atom. The van der Waals surface area contributed by atoms with Gasteiger partial charge in [0.05, 0.1) is 0 Å². The largest absolute Gasteiger partial charge is 0.370 e. The summed E-state index contributed by atoms with van der Waals surface area (Å²) in [6, 6.07) is 8.34. The summed E-state index contributed by atoms with van der Waals surface area (Å²) < 4.78 is 10.4. The van der Waals surface area contributed by atoms with E-state index < -0.39 is 0 Å². The van der Waals surface area contributed by atoms with Crippen molar-refractivity contribution in [2.45, 2.75) is 22.9 Å². The van der Waals surface area contributed by atoms with Crippen LogP contribution in [0.2, 0.25) is 0 Å². The zero-order valence-electron chi connectivity index (χ0n) is 9.45. The molecule has 2 atom stereocenters. The average Bonchev–Trinajstić information content (AvgIpc) is 2.31. The molecule has 0 radical (unpaired) electrons. The highest BCUT2D eigenvalue weighted by Crippen LogP contribution is 2.19. The Morgan fingerprint density at radius 1 is 0.938 bits per heavy atom. The molecule has 2 nitrogen and oxygen atoms in total. The van der Waals surface area contributed by atoms with E-state index in [1.54, 1.807) is 14.2 Å². The van der Waals surface area contributed by atoms with Crippen molar-refractivity contribution < 1.29 is 9.47 Å². The first kappa shape index (κ1) is 14.2. The quantitative estimate of drug-likeness (QED) is 0.730. The predicted molar refractivity (Wildman–Crippen MR) is 73.3 cm³/mol. The number of methoxy groups -OCH3 is 2. The van der Waals surface area contributed by atoms with Gasteiger partial charge in [-0.3, -0.25) is 0 Å². The lowest BCUT2D eigenvalue weighted by molar-refractivity contribution is 0.174. The van der Waals surface area contributed by atoms with Crippen LogP contribution < -0.4 is 0 Å². The van der Waals surface area contributed by atoms with Gasteiger partial charge >= 0.3 is 0 Å². The van der Waals surface area contributed by atoms with Gasteiger partial charge in [-0.1, -0.05) is 56.1 Å². The van der Waals surface area contributed by atoms with Crippen LogP contribution in [0.25, 0.3) is 0 Å².